The Kier molecular flexibility index (Phi) is 0.665. The van der Waals surface area contributed by atoms with Crippen molar-refractivity contribution < 1.29 is 4.10 Å². The van der Waals surface area contributed by atoms with Gasteiger partial charge in [0.2, 0.25) is 9.38 Å². The van der Waals surface area contributed by atoms with E-state index in [1.807, 2.05) is 11.7 Å². The van der Waals surface area contributed by atoms with Crippen molar-refractivity contribution in [1.29, 1.82) is 0 Å². The molecule has 0 aliphatic heterocycles. The minimum absolute atomic E-state index is 0.190. The van der Waals surface area contributed by atoms with Gasteiger partial charge >= 0.3 is 0 Å². The van der Waals surface area contributed by atoms with Gasteiger partial charge in [-0.3, -0.25) is 0 Å². The number of hydrogen-bond acceptors (Lipinski definition) is 1. The molecular formula is C3H4OSi. The molecule has 0 aliphatic carbocycles. The third-order valence-electron chi connectivity index (χ3n) is 0.425. The first-order valence-corrected chi connectivity index (χ1v) is 2.61. The summed E-state index contributed by atoms with van der Waals surface area (Å²) in [6.07, 6.45) is 1.72. The summed E-state index contributed by atoms with van der Waals surface area (Å²) in [5.74, 6) is 0. The number of hydrogen-bond donors (Lipinski definition) is 0. The smallest absolute Gasteiger partial charge is 0.223 e. The average molecular weight is 84.1 g/mol. The maximum absolute atomic E-state index is 4.79. The van der Waals surface area contributed by atoms with E-state index < -0.39 is 0 Å². The minimum Gasteiger partial charge on any atom is -0.526 e. The van der Waals surface area contributed by atoms with Gasteiger partial charge in [0.1, 0.15) is 0 Å². The largest absolute Gasteiger partial charge is 0.526 e. The first kappa shape index (κ1) is 2.84. The summed E-state index contributed by atoms with van der Waals surface area (Å²) in [6.45, 7) is 0. The van der Waals surface area contributed by atoms with Crippen LogP contribution in [0, 0.1) is 0 Å². The molecule has 1 rings (SSSR count). The Hall–Kier alpha value is -0.373. The highest BCUT2D eigenvalue weighted by atomic mass is 28.2. The molecule has 0 saturated heterocycles. The molecule has 0 spiro atoms. The van der Waals surface area contributed by atoms with E-state index in [0.717, 1.165) is 0 Å². The Bertz CT molecular complexity index is 63.4. The fourth-order valence-electron chi connectivity index (χ4n) is 0.227. The van der Waals surface area contributed by atoms with E-state index in [-0.39, 0.29) is 9.38 Å². The molecule has 0 aliphatic rings. The van der Waals surface area contributed by atoms with Crippen LogP contribution < -0.4 is 0 Å². The molecule has 0 aromatic carbocycles. The minimum atomic E-state index is 0.190. The van der Waals surface area contributed by atoms with Crippen molar-refractivity contribution in [3.05, 3.63) is 18.0 Å². The molecule has 1 aromatic rings. The molecule has 2 heteroatoms. The molecule has 0 amide bonds. The summed E-state index contributed by atoms with van der Waals surface area (Å²) in [6, 6.07) is 1.93. The highest BCUT2D eigenvalue weighted by molar-refractivity contribution is 6.16. The second-order valence-electron chi connectivity index (χ2n) is 0.793. The van der Waals surface area contributed by atoms with E-state index in [2.05, 4.69) is 0 Å². The van der Waals surface area contributed by atoms with Crippen LogP contribution in [0.15, 0.2) is 22.1 Å². The molecule has 0 N–H and O–H groups in total. The lowest BCUT2D eigenvalue weighted by atomic mass is 10.8. The van der Waals surface area contributed by atoms with Crippen molar-refractivity contribution in [1.82, 2.24) is 0 Å². The van der Waals surface area contributed by atoms with Crippen LogP contribution in [0.3, 0.4) is 0 Å². The quantitative estimate of drug-likeness (QED) is 0.413. The Morgan fingerprint density at radius 2 is 2.60 bits per heavy atom. The van der Waals surface area contributed by atoms with Gasteiger partial charge in [-0.25, -0.2) is 0 Å². The normalized spacial score (nSPS) is 8.00. The SMILES string of the molecule is c1co[siH]c1. The summed E-state index contributed by atoms with van der Waals surface area (Å²) in [5, 5.41) is 0. The van der Waals surface area contributed by atoms with Crippen LogP contribution in [-0.4, -0.2) is 9.38 Å². The molecule has 0 saturated carbocycles. The molecule has 26 valence electrons. The molecule has 0 atom stereocenters. The van der Waals surface area contributed by atoms with Crippen molar-refractivity contribution >= 4 is 9.38 Å². The maximum atomic E-state index is 4.79. The number of rotatable bonds is 0. The zero-order valence-electron chi connectivity index (χ0n) is 2.72. The van der Waals surface area contributed by atoms with Crippen molar-refractivity contribution in [2.24, 2.45) is 0 Å². The van der Waals surface area contributed by atoms with Gasteiger partial charge in [-0.05, 0) is 11.7 Å². The van der Waals surface area contributed by atoms with Gasteiger partial charge in [-0.1, -0.05) is 0 Å². The maximum Gasteiger partial charge on any atom is 0.223 e. The lowest BCUT2D eigenvalue weighted by Crippen LogP contribution is -1.41. The summed E-state index contributed by atoms with van der Waals surface area (Å²) in [4.78, 5) is 0. The van der Waals surface area contributed by atoms with E-state index in [4.69, 9.17) is 4.10 Å². The van der Waals surface area contributed by atoms with Crippen LogP contribution in [-0.2, 0) is 0 Å². The van der Waals surface area contributed by atoms with E-state index in [0.29, 0.717) is 0 Å². The van der Waals surface area contributed by atoms with Crippen molar-refractivity contribution in [3.63, 3.8) is 0 Å². The Morgan fingerprint density at radius 1 is 1.60 bits per heavy atom. The van der Waals surface area contributed by atoms with Gasteiger partial charge < -0.3 is 4.10 Å². The van der Waals surface area contributed by atoms with Crippen LogP contribution >= 0.6 is 0 Å². The Balaban J connectivity index is 3.13. The topological polar surface area (TPSA) is 13.1 Å². The van der Waals surface area contributed by atoms with Gasteiger partial charge in [-0.15, -0.1) is 0 Å². The van der Waals surface area contributed by atoms with Gasteiger partial charge in [-0.2, -0.15) is 0 Å². The van der Waals surface area contributed by atoms with Crippen LogP contribution in [0.4, 0.5) is 0 Å². The van der Waals surface area contributed by atoms with Crippen LogP contribution in [0.2, 0.25) is 0 Å². The first-order chi connectivity index (χ1) is 2.50. The van der Waals surface area contributed by atoms with E-state index in [1.54, 1.807) is 6.26 Å². The summed E-state index contributed by atoms with van der Waals surface area (Å²) in [7, 11) is 0.190. The summed E-state index contributed by atoms with van der Waals surface area (Å²) >= 11 is 0. The van der Waals surface area contributed by atoms with Crippen LogP contribution in [0.25, 0.3) is 0 Å². The predicted octanol–water partition coefficient (Wildman–Crippen LogP) is 0.350. The average Bonchev–Trinajstić information content (AvgIpc) is 1.76. The lowest BCUT2D eigenvalue weighted by Gasteiger charge is -1.51. The lowest BCUT2D eigenvalue weighted by molar-refractivity contribution is 0.673. The first-order valence-electron chi connectivity index (χ1n) is 1.47. The van der Waals surface area contributed by atoms with E-state index in [1.165, 1.54) is 0 Å². The zero-order chi connectivity index (χ0) is 3.54. The van der Waals surface area contributed by atoms with Gasteiger partial charge in [0, 0.05) is 0 Å². The molecule has 5 heavy (non-hydrogen) atoms. The van der Waals surface area contributed by atoms with Gasteiger partial charge in [0.25, 0.3) is 0 Å². The molecular weight excluding hydrogens is 80.1 g/mol. The fourth-order valence-corrected chi connectivity index (χ4v) is 0.680. The highest BCUT2D eigenvalue weighted by Crippen LogP contribution is 1.71. The van der Waals surface area contributed by atoms with Crippen LogP contribution in [0.5, 0.6) is 0 Å². The molecule has 0 unspecified atom stereocenters. The fraction of sp³-hybridized carbons (Fsp3) is 0. The van der Waals surface area contributed by atoms with Crippen molar-refractivity contribution in [2.75, 3.05) is 0 Å². The van der Waals surface area contributed by atoms with Crippen LogP contribution in [0.1, 0.15) is 0 Å². The summed E-state index contributed by atoms with van der Waals surface area (Å²) in [5.41, 5.74) is 2.04. The van der Waals surface area contributed by atoms with Crippen molar-refractivity contribution in [2.45, 2.75) is 0 Å². The summed E-state index contributed by atoms with van der Waals surface area (Å²) < 4.78 is 4.79. The second-order valence-corrected chi connectivity index (χ2v) is 1.72. The Morgan fingerprint density at radius 3 is 2.80 bits per heavy atom. The van der Waals surface area contributed by atoms with Gasteiger partial charge in [0.05, 0.1) is 6.26 Å². The van der Waals surface area contributed by atoms with Gasteiger partial charge in [0.15, 0.2) is 0 Å². The molecule has 1 nitrogen and oxygen atoms in total. The predicted molar refractivity (Wildman–Crippen MR) is 21.4 cm³/mol. The molecule has 1 aromatic heterocycles. The molecule has 0 bridgehead atoms. The third kappa shape index (κ3) is 0.448. The standard InChI is InChI=1S/C3H4OSi/c1-2-4-5-3-1/h1-3,5H. The highest BCUT2D eigenvalue weighted by Gasteiger charge is 1.60. The Labute approximate surface area is 32.5 Å². The third-order valence-corrected chi connectivity index (χ3v) is 1.12. The second kappa shape index (κ2) is 1.17. The molecule has 0 radical (unpaired) electrons. The van der Waals surface area contributed by atoms with E-state index in [9.17, 15) is 0 Å². The van der Waals surface area contributed by atoms with E-state index >= 15 is 0 Å². The monoisotopic (exact) mass is 84.0 g/mol. The molecule has 1 heterocycles. The van der Waals surface area contributed by atoms with Crippen molar-refractivity contribution in [3.8, 4) is 0 Å². The zero-order valence-corrected chi connectivity index (χ0v) is 3.87. The molecule has 0 fully saturated rings.